The maximum atomic E-state index is 12.3. The van der Waals surface area contributed by atoms with Gasteiger partial charge in [-0.1, -0.05) is 42.5 Å². The van der Waals surface area contributed by atoms with Crippen molar-refractivity contribution in [3.05, 3.63) is 83.2 Å². The number of ether oxygens (including phenoxy) is 2. The van der Waals surface area contributed by atoms with Gasteiger partial charge in [0.1, 0.15) is 11.9 Å². The molecule has 0 fully saturated rings. The Labute approximate surface area is 176 Å². The zero-order valence-electron chi connectivity index (χ0n) is 17.2. The number of aromatic nitrogens is 2. The van der Waals surface area contributed by atoms with E-state index in [2.05, 4.69) is 23.6 Å². The van der Waals surface area contributed by atoms with Crippen molar-refractivity contribution >= 4 is 5.91 Å². The number of aryl methyl sites for hydroxylation is 1. The standard InChI is InChI=1S/C24H27N3O3/c1-29-21-10-7-18(8-11-21)9-12-23(28)25-15-22-24-20(13-14-30-22)17-27(26-24)16-19-5-3-2-4-6-19/h2-8,10-11,17,22H,9,12-16H2,1H3,(H,25,28). The van der Waals surface area contributed by atoms with Gasteiger partial charge in [-0.15, -0.1) is 0 Å². The Morgan fingerprint density at radius 3 is 2.73 bits per heavy atom. The number of benzene rings is 2. The van der Waals surface area contributed by atoms with Crippen molar-refractivity contribution in [2.24, 2.45) is 0 Å². The van der Waals surface area contributed by atoms with Crippen LogP contribution in [0, 0.1) is 0 Å². The normalized spacial score (nSPS) is 15.4. The number of rotatable bonds is 8. The van der Waals surface area contributed by atoms with E-state index in [1.54, 1.807) is 7.11 Å². The van der Waals surface area contributed by atoms with Crippen LogP contribution in [-0.2, 0) is 28.9 Å². The van der Waals surface area contributed by atoms with E-state index in [1.165, 1.54) is 11.1 Å². The third-order valence-electron chi connectivity index (χ3n) is 5.34. The molecule has 1 atom stereocenters. The summed E-state index contributed by atoms with van der Waals surface area (Å²) in [5.41, 5.74) is 4.46. The summed E-state index contributed by atoms with van der Waals surface area (Å²) in [6.45, 7) is 1.82. The monoisotopic (exact) mass is 405 g/mol. The van der Waals surface area contributed by atoms with Gasteiger partial charge in [0, 0.05) is 19.2 Å². The summed E-state index contributed by atoms with van der Waals surface area (Å²) in [7, 11) is 1.64. The first-order valence-electron chi connectivity index (χ1n) is 10.3. The topological polar surface area (TPSA) is 65.4 Å². The minimum atomic E-state index is -0.198. The van der Waals surface area contributed by atoms with Gasteiger partial charge in [0.05, 0.1) is 26.0 Å². The number of hydrogen-bond donors (Lipinski definition) is 1. The fourth-order valence-corrected chi connectivity index (χ4v) is 3.68. The van der Waals surface area contributed by atoms with Gasteiger partial charge in [-0.2, -0.15) is 5.10 Å². The third kappa shape index (κ3) is 5.07. The maximum Gasteiger partial charge on any atom is 0.220 e. The molecule has 0 aliphatic carbocycles. The van der Waals surface area contributed by atoms with E-state index in [-0.39, 0.29) is 12.0 Å². The highest BCUT2D eigenvalue weighted by Gasteiger charge is 2.25. The Balaban J connectivity index is 1.30. The van der Waals surface area contributed by atoms with Crippen molar-refractivity contribution < 1.29 is 14.3 Å². The molecule has 0 spiro atoms. The summed E-state index contributed by atoms with van der Waals surface area (Å²) < 4.78 is 13.0. The lowest BCUT2D eigenvalue weighted by molar-refractivity contribution is -0.121. The first kappa shape index (κ1) is 20.2. The minimum absolute atomic E-state index is 0.0188. The van der Waals surface area contributed by atoms with E-state index >= 15 is 0 Å². The molecule has 0 saturated carbocycles. The molecule has 1 N–H and O–H groups in total. The number of nitrogens with zero attached hydrogens (tertiary/aromatic N) is 2. The molecule has 3 aromatic rings. The summed E-state index contributed by atoms with van der Waals surface area (Å²) in [6.07, 6.45) is 3.89. The molecule has 6 heteroatoms. The van der Waals surface area contributed by atoms with Gasteiger partial charge >= 0.3 is 0 Å². The lowest BCUT2D eigenvalue weighted by Gasteiger charge is -2.22. The van der Waals surface area contributed by atoms with E-state index in [4.69, 9.17) is 14.6 Å². The largest absolute Gasteiger partial charge is 0.497 e. The van der Waals surface area contributed by atoms with Gasteiger partial charge in [0.15, 0.2) is 0 Å². The number of carbonyl (C=O) groups excluding carboxylic acids is 1. The molecule has 0 bridgehead atoms. The second-order valence-electron chi connectivity index (χ2n) is 7.48. The highest BCUT2D eigenvalue weighted by atomic mass is 16.5. The van der Waals surface area contributed by atoms with E-state index in [1.807, 2.05) is 47.1 Å². The zero-order chi connectivity index (χ0) is 20.8. The highest BCUT2D eigenvalue weighted by molar-refractivity contribution is 5.76. The molecular formula is C24H27N3O3. The number of amides is 1. The quantitative estimate of drug-likeness (QED) is 0.625. The van der Waals surface area contributed by atoms with Crippen LogP contribution in [0.4, 0.5) is 0 Å². The summed E-state index contributed by atoms with van der Waals surface area (Å²) in [5.74, 6) is 0.838. The van der Waals surface area contributed by atoms with Crippen LogP contribution in [0.25, 0.3) is 0 Å². The number of nitrogens with one attached hydrogen (secondary N) is 1. The Morgan fingerprint density at radius 2 is 1.97 bits per heavy atom. The van der Waals surface area contributed by atoms with Crippen LogP contribution >= 0.6 is 0 Å². The summed E-state index contributed by atoms with van der Waals surface area (Å²) in [6, 6.07) is 18.1. The van der Waals surface area contributed by atoms with Crippen molar-refractivity contribution in [3.8, 4) is 5.75 Å². The minimum Gasteiger partial charge on any atom is -0.497 e. The summed E-state index contributed by atoms with van der Waals surface area (Å²) in [4.78, 5) is 12.3. The van der Waals surface area contributed by atoms with Crippen LogP contribution in [0.3, 0.4) is 0 Å². The summed E-state index contributed by atoms with van der Waals surface area (Å²) >= 11 is 0. The molecule has 2 heterocycles. The molecule has 0 radical (unpaired) electrons. The number of methoxy groups -OCH3 is 1. The highest BCUT2D eigenvalue weighted by Crippen LogP contribution is 2.25. The molecule has 30 heavy (non-hydrogen) atoms. The molecular weight excluding hydrogens is 378 g/mol. The van der Waals surface area contributed by atoms with Crippen molar-refractivity contribution in [1.82, 2.24) is 15.1 Å². The Bertz CT molecular complexity index is 967. The summed E-state index contributed by atoms with van der Waals surface area (Å²) in [5, 5.41) is 7.75. The van der Waals surface area contributed by atoms with Gasteiger partial charge in [-0.05, 0) is 41.7 Å². The molecule has 2 aromatic carbocycles. The number of carbonyl (C=O) groups is 1. The first-order chi connectivity index (χ1) is 14.7. The van der Waals surface area contributed by atoms with Crippen LogP contribution < -0.4 is 10.1 Å². The molecule has 1 aliphatic rings. The van der Waals surface area contributed by atoms with Gasteiger partial charge in [0.2, 0.25) is 5.91 Å². The first-order valence-corrected chi connectivity index (χ1v) is 10.3. The van der Waals surface area contributed by atoms with E-state index in [9.17, 15) is 4.79 Å². The fraction of sp³-hybridized carbons (Fsp3) is 0.333. The van der Waals surface area contributed by atoms with Crippen LogP contribution in [0.2, 0.25) is 0 Å². The molecule has 1 aromatic heterocycles. The van der Waals surface area contributed by atoms with Crippen LogP contribution in [0.15, 0.2) is 60.8 Å². The zero-order valence-corrected chi connectivity index (χ0v) is 17.2. The van der Waals surface area contributed by atoms with Crippen molar-refractivity contribution in [1.29, 1.82) is 0 Å². The lowest BCUT2D eigenvalue weighted by Crippen LogP contribution is -2.32. The number of fused-ring (bicyclic) bond motifs is 1. The molecule has 4 rings (SSSR count). The average Bonchev–Trinajstić information content (AvgIpc) is 3.20. The fourth-order valence-electron chi connectivity index (χ4n) is 3.68. The average molecular weight is 405 g/mol. The molecule has 1 amide bonds. The van der Waals surface area contributed by atoms with Crippen molar-refractivity contribution in [2.75, 3.05) is 20.3 Å². The molecule has 156 valence electrons. The lowest BCUT2D eigenvalue weighted by atomic mass is 10.1. The SMILES string of the molecule is COc1ccc(CCC(=O)NCC2OCCc3cn(Cc4ccccc4)nc32)cc1. The molecule has 0 saturated heterocycles. The Morgan fingerprint density at radius 1 is 1.17 bits per heavy atom. The van der Waals surface area contributed by atoms with Crippen molar-refractivity contribution in [2.45, 2.75) is 31.9 Å². The molecule has 1 unspecified atom stereocenters. The molecule has 1 aliphatic heterocycles. The molecule has 6 nitrogen and oxygen atoms in total. The second-order valence-corrected chi connectivity index (χ2v) is 7.48. The van der Waals surface area contributed by atoms with Gasteiger partial charge in [-0.25, -0.2) is 0 Å². The smallest absolute Gasteiger partial charge is 0.220 e. The van der Waals surface area contributed by atoms with E-state index in [0.717, 1.165) is 30.0 Å². The van der Waals surface area contributed by atoms with Crippen LogP contribution in [0.1, 0.15) is 34.9 Å². The second kappa shape index (κ2) is 9.59. The predicted molar refractivity (Wildman–Crippen MR) is 114 cm³/mol. The van der Waals surface area contributed by atoms with Crippen molar-refractivity contribution in [3.63, 3.8) is 0 Å². The Kier molecular flexibility index (Phi) is 6.44. The van der Waals surface area contributed by atoms with Gasteiger partial charge < -0.3 is 14.8 Å². The van der Waals surface area contributed by atoms with Gasteiger partial charge in [0.25, 0.3) is 0 Å². The third-order valence-corrected chi connectivity index (χ3v) is 5.34. The van der Waals surface area contributed by atoms with E-state index < -0.39 is 0 Å². The van der Waals surface area contributed by atoms with Gasteiger partial charge in [-0.3, -0.25) is 9.48 Å². The Hall–Kier alpha value is -3.12. The van der Waals surface area contributed by atoms with Crippen LogP contribution in [0.5, 0.6) is 5.75 Å². The van der Waals surface area contributed by atoms with E-state index in [0.29, 0.717) is 26.0 Å². The number of hydrogen-bond acceptors (Lipinski definition) is 4. The van der Waals surface area contributed by atoms with Crippen LogP contribution in [-0.4, -0.2) is 35.9 Å². The maximum absolute atomic E-state index is 12.3. The predicted octanol–water partition coefficient (Wildman–Crippen LogP) is 3.30.